The Hall–Kier alpha value is -0.890. The first-order valence-electron chi connectivity index (χ1n) is 6.34. The topological polar surface area (TPSA) is 33.1 Å². The SMILES string of the molecule is CCC1CCCC(O)(Cc2ccccn2)C1. The molecule has 2 rings (SSSR count). The average Bonchev–Trinajstić information content (AvgIpc) is 2.29. The molecular formula is C14H21NO. The molecule has 0 saturated heterocycles. The summed E-state index contributed by atoms with van der Waals surface area (Å²) in [4.78, 5) is 4.31. The van der Waals surface area contributed by atoms with Gasteiger partial charge in [0, 0.05) is 18.3 Å². The third kappa shape index (κ3) is 2.82. The first-order chi connectivity index (χ1) is 7.72. The minimum absolute atomic E-state index is 0.507. The van der Waals surface area contributed by atoms with Gasteiger partial charge in [-0.25, -0.2) is 0 Å². The molecule has 0 aliphatic heterocycles. The van der Waals surface area contributed by atoms with Gasteiger partial charge in [-0.05, 0) is 30.9 Å². The van der Waals surface area contributed by atoms with Crippen molar-refractivity contribution < 1.29 is 5.11 Å². The predicted molar refractivity (Wildman–Crippen MR) is 65.1 cm³/mol. The largest absolute Gasteiger partial charge is 0.389 e. The molecular weight excluding hydrogens is 198 g/mol. The number of aliphatic hydroxyl groups is 1. The van der Waals surface area contributed by atoms with Crippen LogP contribution >= 0.6 is 0 Å². The Bertz CT molecular complexity index is 325. The van der Waals surface area contributed by atoms with Crippen molar-refractivity contribution in [2.45, 2.75) is 51.0 Å². The van der Waals surface area contributed by atoms with E-state index in [9.17, 15) is 5.11 Å². The Labute approximate surface area is 97.7 Å². The minimum atomic E-state index is -0.507. The molecule has 16 heavy (non-hydrogen) atoms. The van der Waals surface area contributed by atoms with E-state index in [0.29, 0.717) is 12.3 Å². The fourth-order valence-electron chi connectivity index (χ4n) is 2.81. The highest BCUT2D eigenvalue weighted by Gasteiger charge is 2.33. The van der Waals surface area contributed by atoms with Crippen molar-refractivity contribution in [1.82, 2.24) is 4.98 Å². The zero-order valence-electron chi connectivity index (χ0n) is 10.0. The monoisotopic (exact) mass is 219 g/mol. The zero-order chi connectivity index (χ0) is 11.4. The van der Waals surface area contributed by atoms with Gasteiger partial charge in [-0.2, -0.15) is 0 Å². The van der Waals surface area contributed by atoms with Crippen LogP contribution in [-0.4, -0.2) is 15.7 Å². The maximum Gasteiger partial charge on any atom is 0.0705 e. The number of pyridine rings is 1. The maximum absolute atomic E-state index is 10.6. The Kier molecular flexibility index (Phi) is 3.59. The normalized spacial score (nSPS) is 30.2. The first kappa shape index (κ1) is 11.6. The van der Waals surface area contributed by atoms with Gasteiger partial charge in [0.05, 0.1) is 5.60 Å². The van der Waals surface area contributed by atoms with Crippen LogP contribution in [0.5, 0.6) is 0 Å². The molecule has 1 fully saturated rings. The second-order valence-electron chi connectivity index (χ2n) is 5.09. The lowest BCUT2D eigenvalue weighted by Crippen LogP contribution is -2.37. The number of hydrogen-bond donors (Lipinski definition) is 1. The molecule has 0 spiro atoms. The Morgan fingerprint density at radius 3 is 3.06 bits per heavy atom. The van der Waals surface area contributed by atoms with E-state index in [1.165, 1.54) is 12.8 Å². The molecule has 0 radical (unpaired) electrons. The van der Waals surface area contributed by atoms with Crippen LogP contribution in [0.2, 0.25) is 0 Å². The predicted octanol–water partition coefficient (Wildman–Crippen LogP) is 2.96. The highest BCUT2D eigenvalue weighted by atomic mass is 16.3. The van der Waals surface area contributed by atoms with Crippen LogP contribution in [0.4, 0.5) is 0 Å². The smallest absolute Gasteiger partial charge is 0.0705 e. The maximum atomic E-state index is 10.6. The summed E-state index contributed by atoms with van der Waals surface area (Å²) in [5.41, 5.74) is 0.509. The van der Waals surface area contributed by atoms with Crippen molar-refractivity contribution in [2.24, 2.45) is 5.92 Å². The lowest BCUT2D eigenvalue weighted by Gasteiger charge is -2.36. The molecule has 1 aromatic heterocycles. The zero-order valence-corrected chi connectivity index (χ0v) is 10.0. The van der Waals surface area contributed by atoms with Crippen LogP contribution in [0.15, 0.2) is 24.4 Å². The van der Waals surface area contributed by atoms with Gasteiger partial charge in [-0.3, -0.25) is 4.98 Å². The summed E-state index contributed by atoms with van der Waals surface area (Å²) in [7, 11) is 0. The number of hydrogen-bond acceptors (Lipinski definition) is 2. The molecule has 1 N–H and O–H groups in total. The second kappa shape index (κ2) is 4.96. The van der Waals surface area contributed by atoms with Gasteiger partial charge in [-0.15, -0.1) is 0 Å². The lowest BCUT2D eigenvalue weighted by molar-refractivity contribution is -0.0169. The summed E-state index contributed by atoms with van der Waals surface area (Å²) in [6, 6.07) is 5.92. The Morgan fingerprint density at radius 1 is 1.50 bits per heavy atom. The van der Waals surface area contributed by atoms with Crippen molar-refractivity contribution in [3.63, 3.8) is 0 Å². The highest BCUT2D eigenvalue weighted by Crippen LogP contribution is 2.35. The quantitative estimate of drug-likeness (QED) is 0.848. The number of aromatic nitrogens is 1. The molecule has 2 heteroatoms. The molecule has 1 aromatic rings. The Balaban J connectivity index is 2.02. The van der Waals surface area contributed by atoms with E-state index in [1.54, 1.807) is 6.20 Å². The van der Waals surface area contributed by atoms with E-state index in [-0.39, 0.29) is 0 Å². The molecule has 1 saturated carbocycles. The molecule has 1 aliphatic carbocycles. The third-order valence-electron chi connectivity index (χ3n) is 3.74. The fraction of sp³-hybridized carbons (Fsp3) is 0.643. The summed E-state index contributed by atoms with van der Waals surface area (Å²) in [6.45, 7) is 2.22. The highest BCUT2D eigenvalue weighted by molar-refractivity contribution is 5.07. The van der Waals surface area contributed by atoms with Crippen LogP contribution in [0, 0.1) is 5.92 Å². The molecule has 0 bridgehead atoms. The van der Waals surface area contributed by atoms with E-state index in [0.717, 1.165) is 25.0 Å². The first-order valence-corrected chi connectivity index (χ1v) is 6.34. The van der Waals surface area contributed by atoms with Crippen molar-refractivity contribution in [1.29, 1.82) is 0 Å². The number of rotatable bonds is 3. The molecule has 2 atom stereocenters. The van der Waals surface area contributed by atoms with E-state index >= 15 is 0 Å². The molecule has 0 amide bonds. The van der Waals surface area contributed by atoms with Crippen molar-refractivity contribution in [3.8, 4) is 0 Å². The molecule has 0 aromatic carbocycles. The summed E-state index contributed by atoms with van der Waals surface area (Å²) in [5, 5.41) is 10.6. The van der Waals surface area contributed by atoms with E-state index in [1.807, 2.05) is 18.2 Å². The van der Waals surface area contributed by atoms with Crippen LogP contribution in [-0.2, 0) is 6.42 Å². The van der Waals surface area contributed by atoms with Crippen LogP contribution in [0.1, 0.15) is 44.7 Å². The van der Waals surface area contributed by atoms with Crippen molar-refractivity contribution in [2.75, 3.05) is 0 Å². The average molecular weight is 219 g/mol. The lowest BCUT2D eigenvalue weighted by atomic mass is 9.75. The minimum Gasteiger partial charge on any atom is -0.389 e. The summed E-state index contributed by atoms with van der Waals surface area (Å²) in [6.07, 6.45) is 8.01. The standard InChI is InChI=1S/C14H21NO/c1-2-12-6-5-8-14(16,10-12)11-13-7-3-4-9-15-13/h3-4,7,9,12,16H,2,5-6,8,10-11H2,1H3. The van der Waals surface area contributed by atoms with Crippen LogP contribution in [0.3, 0.4) is 0 Å². The molecule has 1 heterocycles. The third-order valence-corrected chi connectivity index (χ3v) is 3.74. The fourth-order valence-corrected chi connectivity index (χ4v) is 2.81. The van der Waals surface area contributed by atoms with E-state index < -0.39 is 5.60 Å². The van der Waals surface area contributed by atoms with Gasteiger partial charge in [0.1, 0.15) is 0 Å². The summed E-state index contributed by atoms with van der Waals surface area (Å²) in [5.74, 6) is 0.697. The Morgan fingerprint density at radius 2 is 2.38 bits per heavy atom. The molecule has 1 aliphatic rings. The molecule has 88 valence electrons. The van der Waals surface area contributed by atoms with Crippen molar-refractivity contribution in [3.05, 3.63) is 30.1 Å². The van der Waals surface area contributed by atoms with Gasteiger partial charge in [0.25, 0.3) is 0 Å². The van der Waals surface area contributed by atoms with Gasteiger partial charge in [0.15, 0.2) is 0 Å². The van der Waals surface area contributed by atoms with E-state index in [2.05, 4.69) is 11.9 Å². The van der Waals surface area contributed by atoms with Gasteiger partial charge >= 0.3 is 0 Å². The van der Waals surface area contributed by atoms with E-state index in [4.69, 9.17) is 0 Å². The summed E-state index contributed by atoms with van der Waals surface area (Å²) < 4.78 is 0. The van der Waals surface area contributed by atoms with Gasteiger partial charge in [0.2, 0.25) is 0 Å². The van der Waals surface area contributed by atoms with Gasteiger partial charge in [-0.1, -0.05) is 32.3 Å². The van der Waals surface area contributed by atoms with Crippen LogP contribution < -0.4 is 0 Å². The summed E-state index contributed by atoms with van der Waals surface area (Å²) >= 11 is 0. The molecule has 2 nitrogen and oxygen atoms in total. The van der Waals surface area contributed by atoms with Crippen LogP contribution in [0.25, 0.3) is 0 Å². The van der Waals surface area contributed by atoms with Gasteiger partial charge < -0.3 is 5.11 Å². The molecule has 2 unspecified atom stereocenters. The van der Waals surface area contributed by atoms with Crippen molar-refractivity contribution >= 4 is 0 Å². The number of nitrogens with zero attached hydrogens (tertiary/aromatic N) is 1. The second-order valence-corrected chi connectivity index (χ2v) is 5.09.